The van der Waals surface area contributed by atoms with Gasteiger partial charge in [-0.05, 0) is 27.2 Å². The van der Waals surface area contributed by atoms with Gasteiger partial charge in [-0.1, -0.05) is 6.92 Å². The molecule has 0 fully saturated rings. The molecule has 0 aliphatic rings. The molecule has 0 unspecified atom stereocenters. The SMILES string of the molecule is CCCc1nc(NCC)cc(-n2nc(C)nc2C)n1. The molecule has 0 atom stereocenters. The monoisotopic (exact) mass is 260 g/mol. The molecule has 1 N–H and O–H groups in total. The first kappa shape index (κ1) is 13.5. The van der Waals surface area contributed by atoms with E-state index < -0.39 is 0 Å². The van der Waals surface area contributed by atoms with Gasteiger partial charge in [0.15, 0.2) is 5.82 Å². The van der Waals surface area contributed by atoms with E-state index in [9.17, 15) is 0 Å². The molecule has 2 rings (SSSR count). The molecule has 0 spiro atoms. The summed E-state index contributed by atoms with van der Waals surface area (Å²) in [5.74, 6) is 4.03. The summed E-state index contributed by atoms with van der Waals surface area (Å²) >= 11 is 0. The maximum absolute atomic E-state index is 4.56. The Labute approximate surface area is 113 Å². The minimum Gasteiger partial charge on any atom is -0.370 e. The third-order valence-electron chi connectivity index (χ3n) is 2.68. The maximum Gasteiger partial charge on any atom is 0.161 e. The highest BCUT2D eigenvalue weighted by molar-refractivity contribution is 5.41. The molecule has 0 radical (unpaired) electrons. The highest BCUT2D eigenvalue weighted by Crippen LogP contribution is 2.13. The van der Waals surface area contributed by atoms with E-state index in [0.29, 0.717) is 0 Å². The molecule has 6 heteroatoms. The first-order valence-electron chi connectivity index (χ1n) is 6.66. The minimum atomic E-state index is 0.748. The van der Waals surface area contributed by atoms with Crippen LogP contribution >= 0.6 is 0 Å². The Morgan fingerprint density at radius 1 is 1.16 bits per heavy atom. The van der Waals surface area contributed by atoms with Crippen molar-refractivity contribution in [3.8, 4) is 5.82 Å². The Bertz CT molecular complexity index is 536. The van der Waals surface area contributed by atoms with E-state index in [4.69, 9.17) is 0 Å². The van der Waals surface area contributed by atoms with Crippen molar-refractivity contribution in [2.45, 2.75) is 40.5 Å². The lowest BCUT2D eigenvalue weighted by molar-refractivity contribution is 0.764. The zero-order valence-electron chi connectivity index (χ0n) is 11.9. The average molecular weight is 260 g/mol. The van der Waals surface area contributed by atoms with E-state index in [1.54, 1.807) is 4.68 Å². The van der Waals surface area contributed by atoms with Gasteiger partial charge < -0.3 is 5.32 Å². The summed E-state index contributed by atoms with van der Waals surface area (Å²) in [6.45, 7) is 8.80. The lowest BCUT2D eigenvalue weighted by Crippen LogP contribution is -2.09. The third-order valence-corrected chi connectivity index (χ3v) is 2.68. The molecule has 0 aromatic carbocycles. The maximum atomic E-state index is 4.56. The first-order valence-corrected chi connectivity index (χ1v) is 6.66. The van der Waals surface area contributed by atoms with Gasteiger partial charge in [0.2, 0.25) is 0 Å². The molecule has 0 amide bonds. The van der Waals surface area contributed by atoms with Gasteiger partial charge >= 0.3 is 0 Å². The molecule has 0 aliphatic heterocycles. The predicted molar refractivity (Wildman–Crippen MR) is 74.6 cm³/mol. The Morgan fingerprint density at radius 3 is 2.53 bits per heavy atom. The van der Waals surface area contributed by atoms with Crippen LogP contribution in [0.15, 0.2) is 6.07 Å². The Morgan fingerprint density at radius 2 is 1.95 bits per heavy atom. The summed E-state index contributed by atoms with van der Waals surface area (Å²) < 4.78 is 1.76. The Hall–Kier alpha value is -1.98. The van der Waals surface area contributed by atoms with Gasteiger partial charge in [0.25, 0.3) is 0 Å². The number of aryl methyl sites for hydroxylation is 3. The lowest BCUT2D eigenvalue weighted by Gasteiger charge is -2.09. The van der Waals surface area contributed by atoms with Crippen LogP contribution in [0.2, 0.25) is 0 Å². The molecular formula is C13H20N6. The van der Waals surface area contributed by atoms with Gasteiger partial charge in [-0.3, -0.25) is 0 Å². The zero-order valence-corrected chi connectivity index (χ0v) is 11.9. The third kappa shape index (κ3) is 3.07. The number of rotatable bonds is 5. The number of nitrogens with zero attached hydrogens (tertiary/aromatic N) is 5. The molecule has 0 saturated carbocycles. The normalized spacial score (nSPS) is 10.7. The van der Waals surface area contributed by atoms with Gasteiger partial charge in [0.05, 0.1) is 0 Å². The summed E-state index contributed by atoms with van der Waals surface area (Å²) in [7, 11) is 0. The van der Waals surface area contributed by atoms with Gasteiger partial charge in [-0.15, -0.1) is 5.10 Å². The van der Waals surface area contributed by atoms with Crippen LogP contribution in [-0.2, 0) is 6.42 Å². The predicted octanol–water partition coefficient (Wildman–Crippen LogP) is 2.06. The van der Waals surface area contributed by atoms with Gasteiger partial charge in [-0.25, -0.2) is 15.0 Å². The molecule has 2 heterocycles. The van der Waals surface area contributed by atoms with E-state index in [-0.39, 0.29) is 0 Å². The molecule has 6 nitrogen and oxygen atoms in total. The van der Waals surface area contributed by atoms with Crippen molar-refractivity contribution in [3.63, 3.8) is 0 Å². The summed E-state index contributed by atoms with van der Waals surface area (Å²) in [5, 5.41) is 7.60. The molecule has 0 saturated heterocycles. The quantitative estimate of drug-likeness (QED) is 0.891. The highest BCUT2D eigenvalue weighted by Gasteiger charge is 2.10. The standard InChI is InChI=1S/C13H20N6/c1-5-7-11-16-12(14-6-2)8-13(17-11)19-10(4)15-9(3)18-19/h8H,5-7H2,1-4H3,(H,14,16,17). The summed E-state index contributed by atoms with van der Waals surface area (Å²) in [4.78, 5) is 13.4. The van der Waals surface area contributed by atoms with Crippen LogP contribution in [0.25, 0.3) is 5.82 Å². The zero-order chi connectivity index (χ0) is 13.8. The molecular weight excluding hydrogens is 240 g/mol. The average Bonchev–Trinajstić information content (AvgIpc) is 2.69. The van der Waals surface area contributed by atoms with E-state index in [2.05, 4.69) is 32.3 Å². The van der Waals surface area contributed by atoms with Crippen molar-refractivity contribution in [1.82, 2.24) is 24.7 Å². The fraction of sp³-hybridized carbons (Fsp3) is 0.538. The van der Waals surface area contributed by atoms with Gasteiger partial charge in [-0.2, -0.15) is 4.68 Å². The minimum absolute atomic E-state index is 0.748. The number of anilines is 1. The highest BCUT2D eigenvalue weighted by atomic mass is 15.4. The largest absolute Gasteiger partial charge is 0.370 e. The van der Waals surface area contributed by atoms with Gasteiger partial charge in [0.1, 0.15) is 23.3 Å². The molecule has 102 valence electrons. The van der Waals surface area contributed by atoms with Crippen LogP contribution in [0, 0.1) is 13.8 Å². The van der Waals surface area contributed by atoms with E-state index in [1.807, 2.05) is 26.8 Å². The van der Waals surface area contributed by atoms with Crippen molar-refractivity contribution in [2.75, 3.05) is 11.9 Å². The molecule has 0 aliphatic carbocycles. The van der Waals surface area contributed by atoms with E-state index in [0.717, 1.165) is 48.5 Å². The number of hydrogen-bond donors (Lipinski definition) is 1. The fourth-order valence-corrected chi connectivity index (χ4v) is 1.94. The second kappa shape index (κ2) is 5.77. The van der Waals surface area contributed by atoms with Crippen molar-refractivity contribution in [1.29, 1.82) is 0 Å². The molecule has 0 bridgehead atoms. The molecule has 2 aromatic rings. The van der Waals surface area contributed by atoms with Crippen molar-refractivity contribution >= 4 is 5.82 Å². The first-order chi connectivity index (χ1) is 9.13. The van der Waals surface area contributed by atoms with Crippen LogP contribution in [0.4, 0.5) is 5.82 Å². The molecule has 19 heavy (non-hydrogen) atoms. The van der Waals surface area contributed by atoms with Crippen LogP contribution < -0.4 is 5.32 Å². The van der Waals surface area contributed by atoms with Gasteiger partial charge in [0, 0.05) is 19.0 Å². The second-order valence-corrected chi connectivity index (χ2v) is 4.43. The van der Waals surface area contributed by atoms with Crippen LogP contribution in [0.3, 0.4) is 0 Å². The summed E-state index contributed by atoms with van der Waals surface area (Å²) in [6.07, 6.45) is 1.88. The number of hydrogen-bond acceptors (Lipinski definition) is 5. The Kier molecular flexibility index (Phi) is 4.09. The molecule has 2 aromatic heterocycles. The van der Waals surface area contributed by atoms with Crippen LogP contribution in [-0.4, -0.2) is 31.3 Å². The van der Waals surface area contributed by atoms with Crippen molar-refractivity contribution in [2.24, 2.45) is 0 Å². The van der Waals surface area contributed by atoms with E-state index in [1.165, 1.54) is 0 Å². The van der Waals surface area contributed by atoms with Crippen LogP contribution in [0.1, 0.15) is 37.7 Å². The van der Waals surface area contributed by atoms with Crippen molar-refractivity contribution < 1.29 is 0 Å². The second-order valence-electron chi connectivity index (χ2n) is 4.43. The topological polar surface area (TPSA) is 68.5 Å². The number of nitrogens with one attached hydrogen (secondary N) is 1. The lowest BCUT2D eigenvalue weighted by atomic mass is 10.3. The smallest absolute Gasteiger partial charge is 0.161 e. The fourth-order valence-electron chi connectivity index (χ4n) is 1.94. The summed E-state index contributed by atoms with van der Waals surface area (Å²) in [6, 6.07) is 1.91. The van der Waals surface area contributed by atoms with E-state index >= 15 is 0 Å². The van der Waals surface area contributed by atoms with Crippen LogP contribution in [0.5, 0.6) is 0 Å². The number of aromatic nitrogens is 5. The van der Waals surface area contributed by atoms with Crippen molar-refractivity contribution in [3.05, 3.63) is 23.5 Å². The Balaban J connectivity index is 2.46. The summed E-state index contributed by atoms with van der Waals surface area (Å²) in [5.41, 5.74) is 0.